The molecule has 4 amide bonds. The molecule has 33 nitrogen and oxygen atoms in total. The predicted molar refractivity (Wildman–Crippen MR) is 400 cm³/mol. The summed E-state index contributed by atoms with van der Waals surface area (Å²) in [7, 11) is 0. The monoisotopic (exact) mass is 1540 g/mol. The summed E-state index contributed by atoms with van der Waals surface area (Å²) in [4.78, 5) is 99.0. The molecule has 0 radical (unpaired) electrons. The minimum absolute atomic E-state index is 0.0184. The first-order chi connectivity index (χ1) is 52.1. The molecule has 0 bridgehead atoms. The molecular formula is C75H88N20O13S2. The van der Waals surface area contributed by atoms with Crippen LogP contribution in [0.3, 0.4) is 0 Å². The smallest absolute Gasteiger partial charge is 0.266 e. The number of oxazole rings is 4. The number of aromatic nitrogens is 16. The molecule has 0 aliphatic rings. The fourth-order valence-corrected chi connectivity index (χ4v) is 14.7. The number of aliphatic hydroxyl groups is 4. The molecule has 11 aromatic heterocycles. The SMILES string of the molecule is CCN(CCc1nc(C(C)(C)O)c(C)o1)C(=O)c1ccc(CN(CCc2nc(C(C)(C)O)c(C)o2)C(=O)c2sccc2-n2ncc(-c3cnc(-n4ncc(-c5cc(C(=O)N(CC)CCc6nc(C(C)(C)O)c(C)o6)c(-n6nccn6)s5)n4)c(C(=O)N(CC)CCc4nc(C(C)(C)O)c(C)o4)c3)n2)cc1-c1nc(C)no1. The van der Waals surface area contributed by atoms with E-state index in [-0.39, 0.29) is 122 Å². The average Bonchev–Trinajstić information content (AvgIpc) is 1.53. The highest BCUT2D eigenvalue weighted by Crippen LogP contribution is 2.36. The van der Waals surface area contributed by atoms with Crippen molar-refractivity contribution >= 4 is 46.3 Å². The van der Waals surface area contributed by atoms with Gasteiger partial charge in [-0.05, 0) is 152 Å². The van der Waals surface area contributed by atoms with Crippen molar-refractivity contribution in [2.75, 3.05) is 45.8 Å². The third kappa shape index (κ3) is 17.0. The lowest BCUT2D eigenvalue weighted by Crippen LogP contribution is -2.34. The largest absolute Gasteiger partial charge is 0.446 e. The van der Waals surface area contributed by atoms with Gasteiger partial charge < -0.3 is 62.2 Å². The third-order valence-corrected chi connectivity index (χ3v) is 20.2. The Kier molecular flexibility index (Phi) is 22.4. The van der Waals surface area contributed by atoms with E-state index in [1.807, 2.05) is 20.8 Å². The molecule has 0 saturated heterocycles. The zero-order valence-electron chi connectivity index (χ0n) is 64.1. The summed E-state index contributed by atoms with van der Waals surface area (Å²) in [6.07, 6.45) is 8.36. The molecule has 0 saturated carbocycles. The Labute approximate surface area is 640 Å². The number of benzene rings is 1. The maximum absolute atomic E-state index is 15.5. The number of thiophene rings is 2. The van der Waals surface area contributed by atoms with E-state index in [0.29, 0.717) is 120 Å². The van der Waals surface area contributed by atoms with Crippen molar-refractivity contribution in [3.63, 3.8) is 0 Å². The van der Waals surface area contributed by atoms with Gasteiger partial charge in [-0.25, -0.2) is 24.9 Å². The second-order valence-electron chi connectivity index (χ2n) is 28.6. The Hall–Kier alpha value is -11.1. The normalized spacial score (nSPS) is 12.2. The van der Waals surface area contributed by atoms with Crippen molar-refractivity contribution in [3.8, 4) is 49.8 Å². The van der Waals surface area contributed by atoms with E-state index in [2.05, 4.69) is 50.5 Å². The van der Waals surface area contributed by atoms with Crippen LogP contribution in [0.15, 0.2) is 95.0 Å². The van der Waals surface area contributed by atoms with Crippen molar-refractivity contribution in [1.29, 1.82) is 0 Å². The molecule has 12 rings (SSSR count). The zero-order chi connectivity index (χ0) is 79.1. The van der Waals surface area contributed by atoms with E-state index >= 15 is 9.59 Å². The first-order valence-corrected chi connectivity index (χ1v) is 37.6. The summed E-state index contributed by atoms with van der Waals surface area (Å²) in [6, 6.07) is 10.2. The van der Waals surface area contributed by atoms with Crippen LogP contribution in [-0.2, 0) is 54.6 Å². The molecule has 0 fully saturated rings. The summed E-state index contributed by atoms with van der Waals surface area (Å²) in [5.41, 5.74) is -0.682. The van der Waals surface area contributed by atoms with Crippen molar-refractivity contribution in [2.24, 2.45) is 0 Å². The molecule has 0 spiro atoms. The molecule has 110 heavy (non-hydrogen) atoms. The second kappa shape index (κ2) is 31.5. The quantitative estimate of drug-likeness (QED) is 0.0314. The van der Waals surface area contributed by atoms with Crippen LogP contribution < -0.4 is 0 Å². The molecular weight excluding hydrogens is 1450 g/mol. The van der Waals surface area contributed by atoms with E-state index < -0.39 is 34.2 Å². The number of pyridine rings is 1. The van der Waals surface area contributed by atoms with Crippen molar-refractivity contribution in [1.82, 2.24) is 99.6 Å². The van der Waals surface area contributed by atoms with Gasteiger partial charge in [-0.2, -0.15) is 25.4 Å². The number of nitrogens with zero attached hydrogens (tertiary/aromatic N) is 20. The molecule has 1 aromatic carbocycles. The van der Waals surface area contributed by atoms with Gasteiger partial charge in [-0.3, -0.25) is 19.2 Å². The van der Waals surface area contributed by atoms with E-state index in [1.165, 1.54) is 56.7 Å². The first-order valence-electron chi connectivity index (χ1n) is 35.9. The topological polar surface area (TPSA) is 410 Å². The zero-order valence-corrected chi connectivity index (χ0v) is 65.8. The van der Waals surface area contributed by atoms with Gasteiger partial charge in [-0.1, -0.05) is 11.2 Å². The van der Waals surface area contributed by atoms with Gasteiger partial charge in [0.15, 0.2) is 40.2 Å². The van der Waals surface area contributed by atoms with Gasteiger partial charge in [0.2, 0.25) is 0 Å². The lowest BCUT2D eigenvalue weighted by Gasteiger charge is -2.24. The number of amides is 4. The minimum atomic E-state index is -1.32. The van der Waals surface area contributed by atoms with Crippen LogP contribution in [-0.4, -0.2) is 190 Å². The van der Waals surface area contributed by atoms with Crippen molar-refractivity contribution in [2.45, 2.75) is 165 Å². The summed E-state index contributed by atoms with van der Waals surface area (Å²) in [5.74, 6) is 2.08. The Morgan fingerprint density at radius 1 is 0.500 bits per heavy atom. The number of rotatable bonds is 31. The van der Waals surface area contributed by atoms with E-state index in [0.717, 1.165) is 11.3 Å². The van der Waals surface area contributed by atoms with Gasteiger partial charge in [0.1, 0.15) is 90.2 Å². The first kappa shape index (κ1) is 78.5. The standard InChI is InChI=1S/C75H88N20O13S2/c1-17-89(29-22-56-82-61(41(4)104-56)72(9,10)100)67(96)48-21-20-46(34-49(48)66-81-45(8)88-108-66)40-92(32-25-59-85-64(44(7)107-59)75(15,16)103)70(99)60-54(26-33-109-60)93-79-38-52(86-93)47-35-50(68(97)90(18-2)30-23-57-83-62(42(5)105-57)73(11,12)101)65(76-37-47)94-80-39-53(87-94)55-36-51(71(110-55)95-77-27-28-78-95)69(98)91(19-3)31-24-58-84-63(43(6)106-58)74(13,14)102/h20-21,26-28,33-39,100-103H,17-19,22-25,29-32,40H2,1-16H3. The molecule has 0 aliphatic heterocycles. The highest BCUT2D eigenvalue weighted by Gasteiger charge is 2.34. The van der Waals surface area contributed by atoms with Gasteiger partial charge in [0, 0.05) is 89.8 Å². The number of carbonyl (C=O) groups is 4. The Morgan fingerprint density at radius 3 is 1.44 bits per heavy atom. The van der Waals surface area contributed by atoms with Crippen LogP contribution in [0.25, 0.3) is 49.8 Å². The lowest BCUT2D eigenvalue weighted by molar-refractivity contribution is 0.0721. The van der Waals surface area contributed by atoms with E-state index in [4.69, 9.17) is 37.4 Å². The third-order valence-electron chi connectivity index (χ3n) is 18.2. The van der Waals surface area contributed by atoms with Crippen LogP contribution in [0.4, 0.5) is 0 Å². The second-order valence-corrected chi connectivity index (χ2v) is 30.6. The Bertz CT molecular complexity index is 5310. The number of hydrogen-bond acceptors (Lipinski definition) is 28. The molecule has 578 valence electrons. The summed E-state index contributed by atoms with van der Waals surface area (Å²) in [5, 5.41) is 77.3. The fraction of sp³-hybridized carbons (Fsp3) is 0.427. The van der Waals surface area contributed by atoms with Gasteiger partial charge >= 0.3 is 0 Å². The number of likely N-dealkylation sites (N-methyl/N-ethyl adjacent to an activating group) is 3. The number of aryl methyl sites for hydroxylation is 5. The molecule has 4 N–H and O–H groups in total. The van der Waals surface area contributed by atoms with Crippen LogP contribution in [0.2, 0.25) is 0 Å². The van der Waals surface area contributed by atoms with Crippen molar-refractivity contribution < 1.29 is 61.8 Å². The molecule has 11 heterocycles. The van der Waals surface area contributed by atoms with Gasteiger partial charge in [-0.15, -0.1) is 47.3 Å². The molecule has 12 aromatic rings. The molecule has 0 unspecified atom stereocenters. The van der Waals surface area contributed by atoms with Gasteiger partial charge in [0.25, 0.3) is 29.5 Å². The summed E-state index contributed by atoms with van der Waals surface area (Å²) >= 11 is 2.37. The summed E-state index contributed by atoms with van der Waals surface area (Å²) < 4.78 is 29.6. The number of hydrogen-bond donors (Lipinski definition) is 4. The average molecular weight is 1540 g/mol. The van der Waals surface area contributed by atoms with Gasteiger partial charge in [0.05, 0.1) is 51.9 Å². The van der Waals surface area contributed by atoms with Crippen molar-refractivity contribution in [3.05, 3.63) is 175 Å². The Balaban J connectivity index is 0.860. The van der Waals surface area contributed by atoms with Crippen LogP contribution in [0.1, 0.15) is 198 Å². The highest BCUT2D eigenvalue weighted by molar-refractivity contribution is 7.18. The fourth-order valence-electron chi connectivity index (χ4n) is 12.9. The number of carbonyl (C=O) groups excluding carboxylic acids is 4. The maximum Gasteiger partial charge on any atom is 0.266 e. The predicted octanol–water partition coefficient (Wildman–Crippen LogP) is 9.73. The minimum Gasteiger partial charge on any atom is -0.446 e. The van der Waals surface area contributed by atoms with E-state index in [9.17, 15) is 30.0 Å². The van der Waals surface area contributed by atoms with Crippen LogP contribution in [0.5, 0.6) is 0 Å². The Morgan fingerprint density at radius 2 is 0.964 bits per heavy atom. The molecule has 35 heteroatoms. The van der Waals surface area contributed by atoms with Crippen LogP contribution in [0, 0.1) is 34.6 Å². The lowest BCUT2D eigenvalue weighted by atomic mass is 10.0. The van der Waals surface area contributed by atoms with E-state index in [1.54, 1.807) is 151 Å². The van der Waals surface area contributed by atoms with Crippen LogP contribution >= 0.6 is 22.7 Å². The highest BCUT2D eigenvalue weighted by atomic mass is 32.1. The molecule has 0 atom stereocenters. The molecule has 0 aliphatic carbocycles. The maximum atomic E-state index is 15.5. The summed E-state index contributed by atoms with van der Waals surface area (Å²) in [6.45, 7) is 28.6.